The van der Waals surface area contributed by atoms with E-state index in [1.54, 1.807) is 24.3 Å². The van der Waals surface area contributed by atoms with E-state index in [1.165, 1.54) is 24.1 Å². The highest BCUT2D eigenvalue weighted by Crippen LogP contribution is 2.30. The van der Waals surface area contributed by atoms with Crippen LogP contribution in [0.4, 0.5) is 18.9 Å². The van der Waals surface area contributed by atoms with Crippen LogP contribution in [-0.4, -0.2) is 36.4 Å². The molecular formula is C20H19F3N2O3. The molecule has 2 amide bonds. The topological polar surface area (TPSA) is 58.6 Å². The molecule has 1 heterocycles. The van der Waals surface area contributed by atoms with Crippen molar-refractivity contribution in [3.05, 3.63) is 59.7 Å². The van der Waals surface area contributed by atoms with Crippen molar-refractivity contribution in [3.8, 4) is 5.75 Å². The highest BCUT2D eigenvalue weighted by molar-refractivity contribution is 6.01. The minimum atomic E-state index is -4.54. The second-order valence-electron chi connectivity index (χ2n) is 6.45. The van der Waals surface area contributed by atoms with Gasteiger partial charge in [-0.25, -0.2) is 0 Å². The summed E-state index contributed by atoms with van der Waals surface area (Å²) < 4.78 is 43.8. The summed E-state index contributed by atoms with van der Waals surface area (Å²) >= 11 is 0. The zero-order valence-electron chi connectivity index (χ0n) is 15.1. The third-order valence-electron chi connectivity index (χ3n) is 4.61. The predicted molar refractivity (Wildman–Crippen MR) is 97.1 cm³/mol. The maximum Gasteiger partial charge on any atom is 0.416 e. The van der Waals surface area contributed by atoms with Gasteiger partial charge in [0.05, 0.1) is 12.7 Å². The van der Waals surface area contributed by atoms with Crippen molar-refractivity contribution in [2.45, 2.75) is 25.1 Å². The maximum absolute atomic E-state index is 12.9. The standard InChI is InChI=1S/C20H19F3N2O3/c1-28-16-9-7-15(8-10-16)24-18(26)17-6-3-11-25(17)19(27)13-4-2-5-14(12-13)20(21,22)23/h2,4-5,7-10,12,17H,3,6,11H2,1H3,(H,24,26). The summed E-state index contributed by atoms with van der Waals surface area (Å²) in [6.45, 7) is 0.315. The van der Waals surface area contributed by atoms with Crippen molar-refractivity contribution in [2.24, 2.45) is 0 Å². The van der Waals surface area contributed by atoms with Gasteiger partial charge in [0, 0.05) is 17.8 Å². The van der Waals surface area contributed by atoms with Gasteiger partial charge in [-0.1, -0.05) is 6.07 Å². The average molecular weight is 392 g/mol. The van der Waals surface area contributed by atoms with Crippen LogP contribution in [0.1, 0.15) is 28.8 Å². The third kappa shape index (κ3) is 4.27. The van der Waals surface area contributed by atoms with Gasteiger partial charge in [-0.2, -0.15) is 13.2 Å². The van der Waals surface area contributed by atoms with E-state index in [9.17, 15) is 22.8 Å². The first kappa shape index (κ1) is 19.7. The number of anilines is 1. The van der Waals surface area contributed by atoms with E-state index in [-0.39, 0.29) is 11.5 Å². The number of likely N-dealkylation sites (tertiary alicyclic amines) is 1. The quantitative estimate of drug-likeness (QED) is 0.857. The van der Waals surface area contributed by atoms with Crippen LogP contribution in [0.3, 0.4) is 0 Å². The Bertz CT molecular complexity index is 866. The fourth-order valence-electron chi connectivity index (χ4n) is 3.18. The number of hydrogen-bond acceptors (Lipinski definition) is 3. The highest BCUT2D eigenvalue weighted by atomic mass is 19.4. The molecule has 148 valence electrons. The van der Waals surface area contributed by atoms with Gasteiger partial charge in [-0.15, -0.1) is 0 Å². The molecule has 1 aliphatic rings. The Kier molecular flexibility index (Phi) is 5.58. The average Bonchev–Trinajstić information content (AvgIpc) is 3.17. The summed E-state index contributed by atoms with van der Waals surface area (Å²) in [4.78, 5) is 26.7. The van der Waals surface area contributed by atoms with Gasteiger partial charge >= 0.3 is 6.18 Å². The van der Waals surface area contributed by atoms with E-state index in [0.717, 1.165) is 12.1 Å². The fraction of sp³-hybridized carbons (Fsp3) is 0.300. The Morgan fingerprint density at radius 2 is 1.86 bits per heavy atom. The van der Waals surface area contributed by atoms with Crippen molar-refractivity contribution in [1.29, 1.82) is 0 Å². The van der Waals surface area contributed by atoms with Crippen LogP contribution in [0.5, 0.6) is 5.75 Å². The van der Waals surface area contributed by atoms with Crippen molar-refractivity contribution in [1.82, 2.24) is 4.90 Å². The van der Waals surface area contributed by atoms with Crippen LogP contribution in [0, 0.1) is 0 Å². The Labute approximate surface area is 160 Å². The first-order valence-electron chi connectivity index (χ1n) is 8.73. The molecule has 1 aliphatic heterocycles. The molecule has 5 nitrogen and oxygen atoms in total. The summed E-state index contributed by atoms with van der Waals surface area (Å²) in [5.74, 6) is -0.318. The van der Waals surface area contributed by atoms with Crippen molar-refractivity contribution >= 4 is 17.5 Å². The van der Waals surface area contributed by atoms with E-state index in [0.29, 0.717) is 30.8 Å². The second-order valence-corrected chi connectivity index (χ2v) is 6.45. The predicted octanol–water partition coefficient (Wildman–Crippen LogP) is 3.96. The molecule has 0 saturated carbocycles. The highest BCUT2D eigenvalue weighted by Gasteiger charge is 2.36. The molecule has 1 unspecified atom stereocenters. The molecule has 8 heteroatoms. The molecular weight excluding hydrogens is 373 g/mol. The number of carbonyl (C=O) groups excluding carboxylic acids is 2. The fourth-order valence-corrected chi connectivity index (χ4v) is 3.18. The van der Waals surface area contributed by atoms with Gasteiger partial charge in [-0.3, -0.25) is 9.59 Å². The Balaban J connectivity index is 1.74. The maximum atomic E-state index is 12.9. The number of ether oxygens (including phenoxy) is 1. The Morgan fingerprint density at radius 3 is 2.50 bits per heavy atom. The molecule has 0 radical (unpaired) electrons. The summed E-state index contributed by atoms with van der Waals surface area (Å²) in [6.07, 6.45) is -3.48. The molecule has 1 fully saturated rings. The van der Waals surface area contributed by atoms with Crippen LogP contribution in [0.25, 0.3) is 0 Å². The number of halogens is 3. The van der Waals surface area contributed by atoms with E-state index in [4.69, 9.17) is 4.74 Å². The zero-order chi connectivity index (χ0) is 20.3. The van der Waals surface area contributed by atoms with E-state index in [1.807, 2.05) is 0 Å². The second kappa shape index (κ2) is 7.92. The number of carbonyl (C=O) groups is 2. The van der Waals surface area contributed by atoms with Crippen LogP contribution >= 0.6 is 0 Å². The summed E-state index contributed by atoms with van der Waals surface area (Å²) in [5, 5.41) is 2.74. The number of methoxy groups -OCH3 is 1. The van der Waals surface area contributed by atoms with Gasteiger partial charge in [0.1, 0.15) is 11.8 Å². The van der Waals surface area contributed by atoms with Gasteiger partial charge in [-0.05, 0) is 55.3 Å². The SMILES string of the molecule is COc1ccc(NC(=O)C2CCCN2C(=O)c2cccc(C(F)(F)F)c2)cc1. The molecule has 2 aromatic rings. The lowest BCUT2D eigenvalue weighted by atomic mass is 10.1. The molecule has 1 saturated heterocycles. The lowest BCUT2D eigenvalue weighted by Crippen LogP contribution is -2.43. The summed E-state index contributed by atoms with van der Waals surface area (Å²) in [5.41, 5.74) is -0.431. The molecule has 1 N–H and O–H groups in total. The third-order valence-corrected chi connectivity index (χ3v) is 4.61. The molecule has 0 bridgehead atoms. The minimum Gasteiger partial charge on any atom is -0.497 e. The zero-order valence-corrected chi connectivity index (χ0v) is 15.1. The van der Waals surface area contributed by atoms with Gasteiger partial charge in [0.15, 0.2) is 0 Å². The minimum absolute atomic E-state index is 0.0843. The van der Waals surface area contributed by atoms with Gasteiger partial charge in [0.25, 0.3) is 5.91 Å². The molecule has 0 spiro atoms. The molecule has 28 heavy (non-hydrogen) atoms. The van der Waals surface area contributed by atoms with Crippen LogP contribution in [0.15, 0.2) is 48.5 Å². The number of hydrogen-bond donors (Lipinski definition) is 1. The van der Waals surface area contributed by atoms with Crippen molar-refractivity contribution < 1.29 is 27.5 Å². The Morgan fingerprint density at radius 1 is 1.14 bits per heavy atom. The van der Waals surface area contributed by atoms with Crippen molar-refractivity contribution in [3.63, 3.8) is 0 Å². The molecule has 1 atom stereocenters. The summed E-state index contributed by atoms with van der Waals surface area (Å²) in [6, 6.07) is 10.2. The molecule has 0 aromatic heterocycles. The van der Waals surface area contributed by atoms with E-state index >= 15 is 0 Å². The largest absolute Gasteiger partial charge is 0.497 e. The number of alkyl halides is 3. The number of amides is 2. The summed E-state index contributed by atoms with van der Waals surface area (Å²) in [7, 11) is 1.53. The van der Waals surface area contributed by atoms with Crippen molar-refractivity contribution in [2.75, 3.05) is 19.0 Å². The van der Waals surface area contributed by atoms with Crippen LogP contribution in [-0.2, 0) is 11.0 Å². The first-order chi connectivity index (χ1) is 13.3. The normalized spacial score (nSPS) is 16.7. The number of nitrogens with zero attached hydrogens (tertiary/aromatic N) is 1. The number of rotatable bonds is 4. The Hall–Kier alpha value is -3.03. The van der Waals surface area contributed by atoms with E-state index < -0.39 is 23.7 Å². The number of benzene rings is 2. The lowest BCUT2D eigenvalue weighted by molar-refractivity contribution is -0.137. The first-order valence-corrected chi connectivity index (χ1v) is 8.73. The van der Waals surface area contributed by atoms with Gasteiger partial charge in [0.2, 0.25) is 5.91 Å². The monoisotopic (exact) mass is 392 g/mol. The van der Waals surface area contributed by atoms with E-state index in [2.05, 4.69) is 5.32 Å². The number of nitrogens with one attached hydrogen (secondary N) is 1. The molecule has 3 rings (SSSR count). The lowest BCUT2D eigenvalue weighted by Gasteiger charge is -2.24. The smallest absolute Gasteiger partial charge is 0.416 e. The van der Waals surface area contributed by atoms with Gasteiger partial charge < -0.3 is 15.0 Å². The van der Waals surface area contributed by atoms with Crippen LogP contribution < -0.4 is 10.1 Å². The molecule has 0 aliphatic carbocycles. The molecule has 2 aromatic carbocycles. The van der Waals surface area contributed by atoms with Crippen LogP contribution in [0.2, 0.25) is 0 Å².